The first kappa shape index (κ1) is 38.0. The van der Waals surface area contributed by atoms with E-state index in [1.807, 2.05) is 0 Å². The molecule has 0 saturated carbocycles. The third kappa shape index (κ3) is 7.45. The van der Waals surface area contributed by atoms with Crippen molar-refractivity contribution in [2.24, 2.45) is 0 Å². The number of hydrogen-bond donors (Lipinski definition) is 0. The lowest BCUT2D eigenvalue weighted by Crippen LogP contribution is -2.17. The average molecular weight is 804 g/mol. The lowest BCUT2D eigenvalue weighted by atomic mass is 9.81. The molecule has 0 aliphatic heterocycles. The molecule has 1 heteroatoms. The Hall–Kier alpha value is -8.00. The Balaban J connectivity index is 1.28. The second-order valence-corrected chi connectivity index (χ2v) is 16.4. The van der Waals surface area contributed by atoms with Gasteiger partial charge in [0.05, 0.1) is 5.69 Å². The molecule has 0 radical (unpaired) electrons. The fraction of sp³-hybridized carbons (Fsp3) is 0.0323. The Kier molecular flexibility index (Phi) is 10.1. The summed E-state index contributed by atoms with van der Waals surface area (Å²) in [4.78, 5) is 2.48. The summed E-state index contributed by atoms with van der Waals surface area (Å²) in [5, 5.41) is 7.29. The number of fused-ring (bicyclic) bond motifs is 5. The molecule has 0 amide bonds. The van der Waals surface area contributed by atoms with Crippen LogP contribution in [0.3, 0.4) is 0 Å². The summed E-state index contributed by atoms with van der Waals surface area (Å²) in [5.41, 5.74) is 15.7. The van der Waals surface area contributed by atoms with Crippen molar-refractivity contribution in [1.82, 2.24) is 0 Å². The number of anilines is 2. The number of benzene rings is 8. The van der Waals surface area contributed by atoms with E-state index in [1.165, 1.54) is 93.7 Å². The van der Waals surface area contributed by atoms with Crippen LogP contribution in [0.25, 0.3) is 72.3 Å². The highest BCUT2D eigenvalue weighted by molar-refractivity contribution is 6.18. The highest BCUT2D eigenvalue weighted by Crippen LogP contribution is 2.50. The van der Waals surface area contributed by atoms with Crippen LogP contribution in [0.1, 0.15) is 29.5 Å². The predicted molar refractivity (Wildman–Crippen MR) is 272 cm³/mol. The van der Waals surface area contributed by atoms with Crippen LogP contribution in [0.4, 0.5) is 11.4 Å². The van der Waals surface area contributed by atoms with Crippen LogP contribution in [0.2, 0.25) is 0 Å². The molecule has 0 atom stereocenters. The van der Waals surface area contributed by atoms with Crippen LogP contribution >= 0.6 is 0 Å². The number of allylic oxidation sites excluding steroid dienone is 15. The van der Waals surface area contributed by atoms with Gasteiger partial charge in [-0.1, -0.05) is 212 Å². The summed E-state index contributed by atoms with van der Waals surface area (Å²) < 4.78 is 0. The minimum Gasteiger partial charge on any atom is -0.313 e. The first-order valence-electron chi connectivity index (χ1n) is 21.9. The zero-order chi connectivity index (χ0) is 42.0. The summed E-state index contributed by atoms with van der Waals surface area (Å²) in [5.74, 6) is 0. The zero-order valence-corrected chi connectivity index (χ0v) is 35.0. The molecule has 11 rings (SSSR count). The third-order valence-electron chi connectivity index (χ3n) is 12.4. The van der Waals surface area contributed by atoms with Crippen LogP contribution < -0.4 is 4.90 Å². The molecule has 0 heterocycles. The van der Waals surface area contributed by atoms with Crippen molar-refractivity contribution >= 4 is 61.4 Å². The van der Waals surface area contributed by atoms with Gasteiger partial charge in [-0.05, 0) is 125 Å². The van der Waals surface area contributed by atoms with Gasteiger partial charge in [-0.15, -0.1) is 0 Å². The molecule has 1 nitrogen and oxygen atoms in total. The van der Waals surface area contributed by atoms with Gasteiger partial charge in [0.25, 0.3) is 0 Å². The number of rotatable bonds is 8. The van der Waals surface area contributed by atoms with Gasteiger partial charge in [0.2, 0.25) is 0 Å². The Morgan fingerprint density at radius 2 is 1.13 bits per heavy atom. The molecular formula is C62H45N. The first-order valence-corrected chi connectivity index (χ1v) is 21.9. The van der Waals surface area contributed by atoms with Crippen LogP contribution in [0.15, 0.2) is 254 Å². The molecule has 3 aliphatic rings. The molecule has 0 unspecified atom stereocenters. The lowest BCUT2D eigenvalue weighted by molar-refractivity contribution is 1.09. The minimum atomic E-state index is 0.804. The van der Waals surface area contributed by atoms with E-state index in [-0.39, 0.29) is 0 Å². The maximum absolute atomic E-state index is 2.48. The smallest absolute Gasteiger partial charge is 0.0543 e. The highest BCUT2D eigenvalue weighted by Gasteiger charge is 2.26. The van der Waals surface area contributed by atoms with Crippen LogP contribution in [-0.2, 0) is 0 Å². The Labute approximate surface area is 370 Å². The van der Waals surface area contributed by atoms with E-state index in [2.05, 4.69) is 254 Å². The first-order chi connectivity index (χ1) is 31.2. The fourth-order valence-corrected chi connectivity index (χ4v) is 9.49. The monoisotopic (exact) mass is 803 g/mol. The normalized spacial score (nSPS) is 14.6. The Morgan fingerprint density at radius 3 is 1.95 bits per heavy atom. The second-order valence-electron chi connectivity index (χ2n) is 16.4. The van der Waals surface area contributed by atoms with E-state index < -0.39 is 0 Å². The van der Waals surface area contributed by atoms with Crippen molar-refractivity contribution in [2.45, 2.75) is 12.8 Å². The second kappa shape index (κ2) is 16.8. The quantitative estimate of drug-likeness (QED) is 0.138. The molecule has 0 saturated heterocycles. The van der Waals surface area contributed by atoms with Gasteiger partial charge in [0.1, 0.15) is 0 Å². The molecule has 3 aliphatic carbocycles. The summed E-state index contributed by atoms with van der Waals surface area (Å²) in [6.45, 7) is 0. The predicted octanol–water partition coefficient (Wildman–Crippen LogP) is 17.0. The van der Waals surface area contributed by atoms with Gasteiger partial charge < -0.3 is 4.90 Å². The molecule has 2 bridgehead atoms. The molecule has 0 spiro atoms. The van der Waals surface area contributed by atoms with Crippen LogP contribution in [0, 0.1) is 0 Å². The number of para-hydroxylation sites is 1. The van der Waals surface area contributed by atoms with Gasteiger partial charge in [-0.2, -0.15) is 0 Å². The topological polar surface area (TPSA) is 3.24 Å². The largest absolute Gasteiger partial charge is 0.313 e. The summed E-state index contributed by atoms with van der Waals surface area (Å²) >= 11 is 0. The van der Waals surface area contributed by atoms with Crippen molar-refractivity contribution in [3.8, 4) is 22.3 Å². The molecular weight excluding hydrogens is 759 g/mol. The summed E-state index contributed by atoms with van der Waals surface area (Å²) in [6.07, 6.45) is 33.1. The molecule has 298 valence electrons. The van der Waals surface area contributed by atoms with Gasteiger partial charge in [0, 0.05) is 23.2 Å². The van der Waals surface area contributed by atoms with Gasteiger partial charge in [0.15, 0.2) is 0 Å². The molecule has 8 aromatic carbocycles. The minimum absolute atomic E-state index is 0.804. The van der Waals surface area contributed by atoms with Crippen molar-refractivity contribution in [3.63, 3.8) is 0 Å². The van der Waals surface area contributed by atoms with Crippen molar-refractivity contribution < 1.29 is 0 Å². The number of nitrogens with zero attached hydrogens (tertiary/aromatic N) is 1. The van der Waals surface area contributed by atoms with Crippen LogP contribution in [0.5, 0.6) is 0 Å². The van der Waals surface area contributed by atoms with E-state index in [1.54, 1.807) is 0 Å². The lowest BCUT2D eigenvalue weighted by Gasteiger charge is -2.31. The van der Waals surface area contributed by atoms with Crippen LogP contribution in [-0.4, -0.2) is 0 Å². The maximum atomic E-state index is 2.48. The summed E-state index contributed by atoms with van der Waals surface area (Å²) in [6, 6.07) is 60.1. The fourth-order valence-electron chi connectivity index (χ4n) is 9.49. The van der Waals surface area contributed by atoms with Crippen molar-refractivity contribution in [2.75, 3.05) is 4.90 Å². The Bertz CT molecular complexity index is 3360. The van der Waals surface area contributed by atoms with E-state index in [0.29, 0.717) is 0 Å². The van der Waals surface area contributed by atoms with Crippen molar-refractivity contribution in [3.05, 3.63) is 270 Å². The average Bonchev–Trinajstić information content (AvgIpc) is 3.84. The Morgan fingerprint density at radius 1 is 0.460 bits per heavy atom. The molecule has 0 fully saturated rings. The standard InChI is InChI=1S/C62H45N/c1-2-8-26-52(25-7-1)63(53-27-9-4-10-28-53)60-43-59(49-36-34-45-21-11-12-22-46(39-45)40-49)62(57-32-18-16-30-55(57)60)61-56-31-17-15-29-54(56)51(35-33-44-19-5-3-6-20-44)42-58(61)50-38-37-47-23-13-14-24-48(47)41-50/h1-25,27-38,40-43H,26,39H2/b35-33+. The maximum Gasteiger partial charge on any atom is 0.0543 e. The third-order valence-corrected chi connectivity index (χ3v) is 12.4. The number of hydrogen-bond acceptors (Lipinski definition) is 1. The van der Waals surface area contributed by atoms with Gasteiger partial charge in [-0.3, -0.25) is 0 Å². The van der Waals surface area contributed by atoms with E-state index >= 15 is 0 Å². The van der Waals surface area contributed by atoms with Crippen molar-refractivity contribution in [1.29, 1.82) is 0 Å². The van der Waals surface area contributed by atoms with E-state index in [4.69, 9.17) is 0 Å². The molecule has 0 aromatic heterocycles. The highest BCUT2D eigenvalue weighted by atomic mass is 15.1. The molecule has 8 aromatic rings. The zero-order valence-electron chi connectivity index (χ0n) is 35.0. The van der Waals surface area contributed by atoms with E-state index in [0.717, 1.165) is 24.2 Å². The molecule has 0 N–H and O–H groups in total. The van der Waals surface area contributed by atoms with Gasteiger partial charge >= 0.3 is 0 Å². The SMILES string of the molecule is C1=CC=C(N(c2ccccc2)c2cc(C3=CC4=CC=CC=C(C=C3)C4)c(-c3c(-c4ccc5ccccc5c4)cc(/C=C/c4ccccc4)c4ccccc34)c3ccccc23)CC=C1. The molecule has 63 heavy (non-hydrogen) atoms. The van der Waals surface area contributed by atoms with E-state index in [9.17, 15) is 0 Å². The van der Waals surface area contributed by atoms with Gasteiger partial charge in [-0.25, -0.2) is 0 Å². The summed E-state index contributed by atoms with van der Waals surface area (Å²) in [7, 11) is 0.